The monoisotopic (exact) mass is 213 g/mol. The van der Waals surface area contributed by atoms with Crippen molar-refractivity contribution in [2.24, 2.45) is 0 Å². The van der Waals surface area contributed by atoms with Gasteiger partial charge in [-0.15, -0.1) is 0 Å². The van der Waals surface area contributed by atoms with E-state index >= 15 is 0 Å². The van der Waals surface area contributed by atoms with Gasteiger partial charge in [0.05, 0.1) is 24.2 Å². The van der Waals surface area contributed by atoms with Gasteiger partial charge in [-0.25, -0.2) is 4.98 Å². The number of nitrogens with zero attached hydrogens (tertiary/aromatic N) is 3. The minimum atomic E-state index is 0.544. The van der Waals surface area contributed by atoms with Gasteiger partial charge < -0.3 is 9.30 Å². The first kappa shape index (κ1) is 10.2. The van der Waals surface area contributed by atoms with E-state index in [2.05, 4.69) is 11.1 Å². The van der Waals surface area contributed by atoms with E-state index in [9.17, 15) is 0 Å². The summed E-state index contributed by atoms with van der Waals surface area (Å²) in [5.41, 5.74) is 1.48. The predicted octanol–water partition coefficient (Wildman–Crippen LogP) is 2.14. The van der Waals surface area contributed by atoms with Crippen molar-refractivity contribution in [2.45, 2.75) is 6.92 Å². The molecule has 80 valence electrons. The second-order valence-corrected chi connectivity index (χ2v) is 3.20. The Hall–Kier alpha value is -2.28. The van der Waals surface area contributed by atoms with Gasteiger partial charge in [0.2, 0.25) is 0 Å². The van der Waals surface area contributed by atoms with Crippen molar-refractivity contribution in [3.8, 4) is 17.5 Å². The summed E-state index contributed by atoms with van der Waals surface area (Å²) in [6, 6.07) is 7.55. The first-order valence-electron chi connectivity index (χ1n) is 5.00. The lowest BCUT2D eigenvalue weighted by Gasteiger charge is -2.08. The van der Waals surface area contributed by atoms with E-state index in [1.807, 2.05) is 29.8 Å². The van der Waals surface area contributed by atoms with Gasteiger partial charge in [0.1, 0.15) is 11.8 Å². The molecule has 0 aliphatic heterocycles. The minimum absolute atomic E-state index is 0.544. The smallest absolute Gasteiger partial charge is 0.139 e. The summed E-state index contributed by atoms with van der Waals surface area (Å²) in [5, 5.41) is 8.92. The third kappa shape index (κ3) is 1.89. The molecule has 0 saturated carbocycles. The van der Waals surface area contributed by atoms with Crippen LogP contribution in [-0.2, 0) is 0 Å². The van der Waals surface area contributed by atoms with E-state index in [1.165, 1.54) is 0 Å². The molecule has 0 N–H and O–H groups in total. The third-order valence-corrected chi connectivity index (χ3v) is 2.19. The lowest BCUT2D eigenvalue weighted by molar-refractivity contribution is 0.339. The Labute approximate surface area is 93.7 Å². The normalized spacial score (nSPS) is 9.75. The molecule has 0 fully saturated rings. The van der Waals surface area contributed by atoms with Crippen LogP contribution in [0.25, 0.3) is 5.69 Å². The highest BCUT2D eigenvalue weighted by atomic mass is 16.5. The Morgan fingerprint density at radius 2 is 2.38 bits per heavy atom. The molecule has 0 spiro atoms. The van der Waals surface area contributed by atoms with Crippen LogP contribution in [-0.4, -0.2) is 16.2 Å². The van der Waals surface area contributed by atoms with Gasteiger partial charge in [0, 0.05) is 18.5 Å². The highest BCUT2D eigenvalue weighted by Crippen LogP contribution is 2.21. The molecule has 0 radical (unpaired) electrons. The number of benzene rings is 1. The molecular weight excluding hydrogens is 202 g/mol. The second kappa shape index (κ2) is 4.49. The molecule has 2 aromatic rings. The largest absolute Gasteiger partial charge is 0.492 e. The van der Waals surface area contributed by atoms with Crippen molar-refractivity contribution in [1.29, 1.82) is 5.26 Å². The van der Waals surface area contributed by atoms with Gasteiger partial charge in [-0.05, 0) is 19.1 Å². The maximum absolute atomic E-state index is 8.92. The van der Waals surface area contributed by atoms with E-state index in [0.29, 0.717) is 17.9 Å². The topological polar surface area (TPSA) is 50.8 Å². The van der Waals surface area contributed by atoms with Gasteiger partial charge in [-0.2, -0.15) is 5.26 Å². The van der Waals surface area contributed by atoms with Crippen LogP contribution in [0.2, 0.25) is 0 Å². The quantitative estimate of drug-likeness (QED) is 0.784. The van der Waals surface area contributed by atoms with Crippen LogP contribution in [0.3, 0.4) is 0 Å². The zero-order valence-corrected chi connectivity index (χ0v) is 8.92. The molecular formula is C12H11N3O. The van der Waals surface area contributed by atoms with Crippen LogP contribution >= 0.6 is 0 Å². The molecule has 4 nitrogen and oxygen atoms in total. The summed E-state index contributed by atoms with van der Waals surface area (Å²) in [6.07, 6.45) is 5.26. The zero-order valence-electron chi connectivity index (χ0n) is 8.92. The molecule has 0 aliphatic rings. The second-order valence-electron chi connectivity index (χ2n) is 3.20. The molecule has 0 unspecified atom stereocenters. The summed E-state index contributed by atoms with van der Waals surface area (Å²) in [7, 11) is 0. The minimum Gasteiger partial charge on any atom is -0.492 e. The summed E-state index contributed by atoms with van der Waals surface area (Å²) in [4.78, 5) is 3.97. The Morgan fingerprint density at radius 3 is 3.00 bits per heavy atom. The van der Waals surface area contributed by atoms with Crippen LogP contribution in [0.4, 0.5) is 0 Å². The summed E-state index contributed by atoms with van der Waals surface area (Å²) < 4.78 is 7.28. The first-order valence-corrected chi connectivity index (χ1v) is 5.00. The number of hydrogen-bond acceptors (Lipinski definition) is 3. The number of imidazole rings is 1. The van der Waals surface area contributed by atoms with Gasteiger partial charge >= 0.3 is 0 Å². The summed E-state index contributed by atoms with van der Waals surface area (Å²) in [6.45, 7) is 2.44. The lowest BCUT2D eigenvalue weighted by Crippen LogP contribution is -1.97. The van der Waals surface area contributed by atoms with E-state index in [0.717, 1.165) is 5.69 Å². The molecule has 16 heavy (non-hydrogen) atoms. The fourth-order valence-electron chi connectivity index (χ4n) is 1.45. The standard InChI is InChI=1S/C12H11N3O/c1-2-16-12-7-11(4-3-10(12)8-13)15-6-5-14-9-15/h3-7,9H,2H2,1H3. The van der Waals surface area contributed by atoms with E-state index in [4.69, 9.17) is 10.00 Å². The van der Waals surface area contributed by atoms with Crippen LogP contribution in [0, 0.1) is 11.3 Å². The average molecular weight is 213 g/mol. The van der Waals surface area contributed by atoms with Gasteiger partial charge in [0.25, 0.3) is 0 Å². The molecule has 1 aromatic heterocycles. The molecule has 4 heteroatoms. The van der Waals surface area contributed by atoms with E-state index < -0.39 is 0 Å². The molecule has 1 heterocycles. The molecule has 0 atom stereocenters. The molecule has 0 amide bonds. The molecule has 0 saturated heterocycles. The Balaban J connectivity index is 2.44. The average Bonchev–Trinajstić information content (AvgIpc) is 2.83. The van der Waals surface area contributed by atoms with Crippen molar-refractivity contribution in [2.75, 3.05) is 6.61 Å². The van der Waals surface area contributed by atoms with Crippen molar-refractivity contribution in [3.63, 3.8) is 0 Å². The molecule has 0 bridgehead atoms. The number of nitriles is 1. The molecule has 0 aliphatic carbocycles. The van der Waals surface area contributed by atoms with E-state index in [-0.39, 0.29) is 0 Å². The summed E-state index contributed by atoms with van der Waals surface area (Å²) in [5.74, 6) is 0.608. The van der Waals surface area contributed by atoms with Gasteiger partial charge in [-0.1, -0.05) is 0 Å². The number of rotatable bonds is 3. The zero-order chi connectivity index (χ0) is 11.4. The van der Waals surface area contributed by atoms with Crippen LogP contribution in [0.15, 0.2) is 36.9 Å². The third-order valence-electron chi connectivity index (χ3n) is 2.19. The Morgan fingerprint density at radius 1 is 1.50 bits per heavy atom. The van der Waals surface area contributed by atoms with Crippen molar-refractivity contribution in [3.05, 3.63) is 42.5 Å². The van der Waals surface area contributed by atoms with Crippen LogP contribution in [0.1, 0.15) is 12.5 Å². The summed E-state index contributed by atoms with van der Waals surface area (Å²) >= 11 is 0. The maximum Gasteiger partial charge on any atom is 0.139 e. The Kier molecular flexibility index (Phi) is 2.88. The fourth-order valence-corrected chi connectivity index (χ4v) is 1.45. The van der Waals surface area contributed by atoms with Crippen molar-refractivity contribution in [1.82, 2.24) is 9.55 Å². The first-order chi connectivity index (χ1) is 7.85. The predicted molar refractivity (Wildman–Crippen MR) is 59.4 cm³/mol. The van der Waals surface area contributed by atoms with Gasteiger partial charge in [-0.3, -0.25) is 0 Å². The highest BCUT2D eigenvalue weighted by molar-refractivity contribution is 5.50. The number of hydrogen-bond donors (Lipinski definition) is 0. The van der Waals surface area contributed by atoms with Crippen LogP contribution < -0.4 is 4.74 Å². The molecule has 1 aromatic carbocycles. The highest BCUT2D eigenvalue weighted by Gasteiger charge is 2.05. The van der Waals surface area contributed by atoms with Crippen LogP contribution in [0.5, 0.6) is 5.75 Å². The van der Waals surface area contributed by atoms with Crippen molar-refractivity contribution >= 4 is 0 Å². The Bertz CT molecular complexity index is 512. The lowest BCUT2D eigenvalue weighted by atomic mass is 10.2. The maximum atomic E-state index is 8.92. The van der Waals surface area contributed by atoms with Crippen molar-refractivity contribution < 1.29 is 4.74 Å². The fraction of sp³-hybridized carbons (Fsp3) is 0.167. The van der Waals surface area contributed by atoms with Gasteiger partial charge in [0.15, 0.2) is 0 Å². The van der Waals surface area contributed by atoms with E-state index in [1.54, 1.807) is 18.6 Å². The SMILES string of the molecule is CCOc1cc(-n2ccnc2)ccc1C#N. The molecule has 2 rings (SSSR count). The number of aromatic nitrogens is 2. The number of ether oxygens (including phenoxy) is 1.